The maximum Gasteiger partial charge on any atom is 0.259 e. The van der Waals surface area contributed by atoms with E-state index in [0.29, 0.717) is 34.1 Å². The number of hydrogen-bond donors (Lipinski definition) is 2. The number of rotatable bonds is 9. The van der Waals surface area contributed by atoms with E-state index in [1.165, 1.54) is 40.7 Å². The molecule has 0 unspecified atom stereocenters. The van der Waals surface area contributed by atoms with Gasteiger partial charge in [-0.3, -0.25) is 9.59 Å². The lowest BCUT2D eigenvalue weighted by atomic mass is 10.2. The maximum atomic E-state index is 12.2. The van der Waals surface area contributed by atoms with Crippen LogP contribution >= 0.6 is 0 Å². The number of nitrogens with zero attached hydrogens (tertiary/aromatic N) is 1. The van der Waals surface area contributed by atoms with Gasteiger partial charge in [-0.05, 0) is 30.3 Å². The summed E-state index contributed by atoms with van der Waals surface area (Å²) in [7, 11) is 6.02. The van der Waals surface area contributed by atoms with Crippen molar-refractivity contribution in [3.05, 3.63) is 47.5 Å². The van der Waals surface area contributed by atoms with Gasteiger partial charge in [0.25, 0.3) is 11.8 Å². The summed E-state index contributed by atoms with van der Waals surface area (Å²) >= 11 is 0. The minimum Gasteiger partial charge on any atom is -0.493 e. The second kappa shape index (κ2) is 10.5. The predicted molar refractivity (Wildman–Crippen MR) is 107 cm³/mol. The Morgan fingerprint density at radius 2 is 1.66 bits per heavy atom. The van der Waals surface area contributed by atoms with Crippen molar-refractivity contribution in [2.24, 2.45) is 5.10 Å². The Kier molecular flexibility index (Phi) is 7.84. The Balaban J connectivity index is 1.92. The molecular formula is C20H23N3O6. The van der Waals surface area contributed by atoms with Gasteiger partial charge in [-0.15, -0.1) is 0 Å². The molecule has 0 bridgehead atoms. The Hall–Kier alpha value is -3.75. The molecule has 2 aromatic rings. The molecule has 0 radical (unpaired) electrons. The first-order valence-corrected chi connectivity index (χ1v) is 8.57. The van der Waals surface area contributed by atoms with Crippen molar-refractivity contribution in [2.75, 3.05) is 35.0 Å². The number of carbonyl (C=O) groups excluding carboxylic acids is 2. The summed E-state index contributed by atoms with van der Waals surface area (Å²) in [6.07, 6.45) is 1.43. The van der Waals surface area contributed by atoms with Gasteiger partial charge in [0, 0.05) is 11.1 Å². The van der Waals surface area contributed by atoms with Crippen molar-refractivity contribution >= 4 is 18.0 Å². The van der Waals surface area contributed by atoms with Crippen LogP contribution in [0.15, 0.2) is 41.5 Å². The van der Waals surface area contributed by atoms with Gasteiger partial charge in [0.2, 0.25) is 0 Å². The summed E-state index contributed by atoms with van der Waals surface area (Å²) in [5.74, 6) is 1.04. The summed E-state index contributed by atoms with van der Waals surface area (Å²) in [6, 6.07) is 9.99. The molecular weight excluding hydrogens is 378 g/mol. The van der Waals surface area contributed by atoms with E-state index in [9.17, 15) is 9.59 Å². The van der Waals surface area contributed by atoms with Gasteiger partial charge in [0.05, 0.1) is 41.2 Å². The van der Waals surface area contributed by atoms with E-state index in [2.05, 4.69) is 15.8 Å². The van der Waals surface area contributed by atoms with Crippen LogP contribution in [0.5, 0.6) is 23.0 Å². The topological polar surface area (TPSA) is 107 Å². The molecule has 9 nitrogen and oxygen atoms in total. The smallest absolute Gasteiger partial charge is 0.259 e. The monoisotopic (exact) mass is 401 g/mol. The molecule has 154 valence electrons. The normalized spacial score (nSPS) is 10.3. The van der Waals surface area contributed by atoms with Crippen LogP contribution < -0.4 is 29.7 Å². The molecule has 0 spiro atoms. The summed E-state index contributed by atoms with van der Waals surface area (Å²) in [4.78, 5) is 24.1. The standard InChI is InChI=1S/C20H23N3O6/c1-26-15-9-8-13(10-17(15)28-3)20(25)21-12-18(24)23-22-11-14-6-5-7-16(27-2)19(14)29-4/h5-11H,12H2,1-4H3,(H,21,25)(H,23,24)/b22-11-. The zero-order chi connectivity index (χ0) is 21.2. The Morgan fingerprint density at radius 1 is 0.931 bits per heavy atom. The minimum absolute atomic E-state index is 0.250. The molecule has 9 heteroatoms. The fourth-order valence-electron chi connectivity index (χ4n) is 2.47. The highest BCUT2D eigenvalue weighted by Gasteiger charge is 2.12. The van der Waals surface area contributed by atoms with Crippen molar-refractivity contribution in [2.45, 2.75) is 0 Å². The van der Waals surface area contributed by atoms with Crippen LogP contribution in [-0.2, 0) is 4.79 Å². The quantitative estimate of drug-likeness (QED) is 0.488. The first kappa shape index (κ1) is 21.5. The van der Waals surface area contributed by atoms with Gasteiger partial charge in [-0.1, -0.05) is 6.07 Å². The number of methoxy groups -OCH3 is 4. The van der Waals surface area contributed by atoms with E-state index in [-0.39, 0.29) is 6.54 Å². The van der Waals surface area contributed by atoms with Crippen LogP contribution in [0.3, 0.4) is 0 Å². The summed E-state index contributed by atoms with van der Waals surface area (Å²) in [6.45, 7) is -0.250. The van der Waals surface area contributed by atoms with Crippen molar-refractivity contribution in [3.8, 4) is 23.0 Å². The summed E-state index contributed by atoms with van der Waals surface area (Å²) < 4.78 is 20.8. The van der Waals surface area contributed by atoms with Crippen molar-refractivity contribution in [3.63, 3.8) is 0 Å². The third-order valence-electron chi connectivity index (χ3n) is 3.88. The second-order valence-electron chi connectivity index (χ2n) is 5.63. The lowest BCUT2D eigenvalue weighted by Crippen LogP contribution is -2.34. The van der Waals surface area contributed by atoms with Gasteiger partial charge in [-0.2, -0.15) is 5.10 Å². The van der Waals surface area contributed by atoms with E-state index in [1.54, 1.807) is 30.3 Å². The zero-order valence-corrected chi connectivity index (χ0v) is 16.6. The zero-order valence-electron chi connectivity index (χ0n) is 16.6. The highest BCUT2D eigenvalue weighted by Crippen LogP contribution is 2.29. The number of carbonyl (C=O) groups is 2. The molecule has 0 fully saturated rings. The average Bonchev–Trinajstić information content (AvgIpc) is 2.76. The maximum absolute atomic E-state index is 12.2. The van der Waals surface area contributed by atoms with Gasteiger partial charge in [-0.25, -0.2) is 5.43 Å². The average molecular weight is 401 g/mol. The SMILES string of the molecule is COc1ccc(C(=O)NCC(=O)N/N=C\c2cccc(OC)c2OC)cc1OC. The summed E-state index contributed by atoms with van der Waals surface area (Å²) in [5, 5.41) is 6.39. The Bertz CT molecular complexity index is 898. The molecule has 2 rings (SSSR count). The molecule has 2 aromatic carbocycles. The number of nitrogens with one attached hydrogen (secondary N) is 2. The van der Waals surface area contributed by atoms with Crippen LogP contribution in [0, 0.1) is 0 Å². The lowest BCUT2D eigenvalue weighted by molar-refractivity contribution is -0.120. The molecule has 0 aromatic heterocycles. The van der Waals surface area contributed by atoms with Crippen LogP contribution in [0.25, 0.3) is 0 Å². The lowest BCUT2D eigenvalue weighted by Gasteiger charge is -2.10. The van der Waals surface area contributed by atoms with Crippen LogP contribution in [-0.4, -0.2) is 53.0 Å². The molecule has 0 saturated heterocycles. The molecule has 0 heterocycles. The molecule has 0 aliphatic heterocycles. The number of benzene rings is 2. The number of hydrogen-bond acceptors (Lipinski definition) is 7. The number of hydrazone groups is 1. The molecule has 2 N–H and O–H groups in total. The molecule has 29 heavy (non-hydrogen) atoms. The van der Waals surface area contributed by atoms with Gasteiger partial charge in [0.1, 0.15) is 0 Å². The van der Waals surface area contributed by atoms with E-state index < -0.39 is 11.8 Å². The van der Waals surface area contributed by atoms with E-state index in [0.717, 1.165) is 0 Å². The molecule has 0 atom stereocenters. The minimum atomic E-state index is -0.489. The predicted octanol–water partition coefficient (Wildman–Crippen LogP) is 1.60. The third-order valence-corrected chi connectivity index (χ3v) is 3.88. The van der Waals surface area contributed by atoms with E-state index in [4.69, 9.17) is 18.9 Å². The van der Waals surface area contributed by atoms with Crippen LogP contribution in [0.2, 0.25) is 0 Å². The van der Waals surface area contributed by atoms with Gasteiger partial charge in [0.15, 0.2) is 23.0 Å². The van der Waals surface area contributed by atoms with Gasteiger partial charge < -0.3 is 24.3 Å². The highest BCUT2D eigenvalue weighted by molar-refractivity contribution is 5.97. The van der Waals surface area contributed by atoms with E-state index >= 15 is 0 Å². The first-order valence-electron chi connectivity index (χ1n) is 8.57. The van der Waals surface area contributed by atoms with E-state index in [1.807, 2.05) is 0 Å². The number of para-hydroxylation sites is 1. The van der Waals surface area contributed by atoms with Crippen LogP contribution in [0.1, 0.15) is 15.9 Å². The molecule has 0 saturated carbocycles. The number of ether oxygens (including phenoxy) is 4. The largest absolute Gasteiger partial charge is 0.493 e. The summed E-state index contributed by atoms with van der Waals surface area (Å²) in [5.41, 5.74) is 3.30. The molecule has 0 aliphatic rings. The van der Waals surface area contributed by atoms with Gasteiger partial charge >= 0.3 is 0 Å². The fourth-order valence-corrected chi connectivity index (χ4v) is 2.47. The fraction of sp³-hybridized carbons (Fsp3) is 0.250. The van der Waals surface area contributed by atoms with Crippen LogP contribution in [0.4, 0.5) is 0 Å². The third kappa shape index (κ3) is 5.61. The molecule has 2 amide bonds. The molecule has 0 aliphatic carbocycles. The highest BCUT2D eigenvalue weighted by atomic mass is 16.5. The Morgan fingerprint density at radius 3 is 2.31 bits per heavy atom. The Labute approximate surface area is 168 Å². The van der Waals surface area contributed by atoms with Crippen molar-refractivity contribution in [1.82, 2.24) is 10.7 Å². The van der Waals surface area contributed by atoms with Crippen molar-refractivity contribution < 1.29 is 28.5 Å². The first-order chi connectivity index (χ1) is 14.0. The van der Waals surface area contributed by atoms with Crippen molar-refractivity contribution in [1.29, 1.82) is 0 Å². The second-order valence-corrected chi connectivity index (χ2v) is 5.63. The number of amides is 2.